The van der Waals surface area contributed by atoms with Crippen LogP contribution in [0.1, 0.15) is 24.0 Å². The maximum absolute atomic E-state index is 12.4. The molecule has 0 aliphatic carbocycles. The highest BCUT2D eigenvalue weighted by Gasteiger charge is 2.30. The van der Waals surface area contributed by atoms with Crippen molar-refractivity contribution < 1.29 is 27.6 Å². The monoisotopic (exact) mass is 280 g/mol. The summed E-state index contributed by atoms with van der Waals surface area (Å²) < 4.78 is 37.3. The van der Waals surface area contributed by atoms with Crippen LogP contribution < -0.4 is 0 Å². The minimum absolute atomic E-state index is 0.0913. The SMILES string of the molecule is O[Si](O)(O)CCCCc1cccc(C(F)(F)F)c1. The number of halogens is 3. The van der Waals surface area contributed by atoms with Crippen LogP contribution in [0.2, 0.25) is 6.04 Å². The second-order valence-electron chi connectivity index (χ2n) is 4.18. The van der Waals surface area contributed by atoms with Crippen molar-refractivity contribution in [2.24, 2.45) is 0 Å². The molecular weight excluding hydrogens is 265 g/mol. The van der Waals surface area contributed by atoms with E-state index in [0.717, 1.165) is 12.1 Å². The standard InChI is InChI=1S/C11H15F3O3Si/c12-11(13,14)10-6-3-5-9(8-10)4-1-2-7-18(15,16)17/h3,5-6,8,15-17H,1-2,4,7H2. The molecule has 102 valence electrons. The summed E-state index contributed by atoms with van der Waals surface area (Å²) in [6, 6.07) is 4.95. The number of rotatable bonds is 5. The van der Waals surface area contributed by atoms with Crippen LogP contribution in [0.15, 0.2) is 24.3 Å². The summed E-state index contributed by atoms with van der Waals surface area (Å²) in [5.41, 5.74) is -0.138. The molecule has 1 rings (SSSR count). The molecule has 0 saturated carbocycles. The van der Waals surface area contributed by atoms with Gasteiger partial charge in [0.2, 0.25) is 0 Å². The summed E-state index contributed by atoms with van der Waals surface area (Å²) in [7, 11) is -4.02. The van der Waals surface area contributed by atoms with Crippen LogP contribution in [0.3, 0.4) is 0 Å². The molecule has 0 radical (unpaired) electrons. The average molecular weight is 280 g/mol. The minimum atomic E-state index is -4.35. The lowest BCUT2D eigenvalue weighted by molar-refractivity contribution is -0.137. The fourth-order valence-electron chi connectivity index (χ4n) is 1.59. The van der Waals surface area contributed by atoms with Gasteiger partial charge in [0.15, 0.2) is 0 Å². The van der Waals surface area contributed by atoms with Crippen molar-refractivity contribution in [1.29, 1.82) is 0 Å². The van der Waals surface area contributed by atoms with Gasteiger partial charge in [0.25, 0.3) is 0 Å². The number of benzene rings is 1. The highest BCUT2D eigenvalue weighted by Crippen LogP contribution is 2.29. The Morgan fingerprint density at radius 3 is 2.28 bits per heavy atom. The maximum Gasteiger partial charge on any atom is 0.492 e. The number of alkyl halides is 3. The van der Waals surface area contributed by atoms with E-state index >= 15 is 0 Å². The Hall–Kier alpha value is -0.893. The van der Waals surface area contributed by atoms with Gasteiger partial charge in [-0.2, -0.15) is 13.2 Å². The van der Waals surface area contributed by atoms with Crippen LogP contribution in [0.5, 0.6) is 0 Å². The van der Waals surface area contributed by atoms with E-state index in [4.69, 9.17) is 14.4 Å². The van der Waals surface area contributed by atoms with Gasteiger partial charge in [-0.15, -0.1) is 0 Å². The molecule has 18 heavy (non-hydrogen) atoms. The Bertz CT molecular complexity index is 388. The van der Waals surface area contributed by atoms with Crippen LogP contribution in [0.4, 0.5) is 13.2 Å². The Morgan fingerprint density at radius 2 is 1.72 bits per heavy atom. The van der Waals surface area contributed by atoms with E-state index in [-0.39, 0.29) is 6.04 Å². The highest BCUT2D eigenvalue weighted by molar-refractivity contribution is 6.56. The molecule has 7 heteroatoms. The van der Waals surface area contributed by atoms with Crippen molar-refractivity contribution >= 4 is 8.80 Å². The molecule has 0 saturated heterocycles. The summed E-state index contributed by atoms with van der Waals surface area (Å²) in [6.45, 7) is 0. The minimum Gasteiger partial charge on any atom is -0.390 e. The first-order valence-electron chi connectivity index (χ1n) is 5.52. The van der Waals surface area contributed by atoms with Crippen molar-refractivity contribution in [3.63, 3.8) is 0 Å². The number of unbranched alkanes of at least 4 members (excludes halogenated alkanes) is 1. The molecule has 0 spiro atoms. The van der Waals surface area contributed by atoms with Crippen LogP contribution >= 0.6 is 0 Å². The third-order valence-corrected chi connectivity index (χ3v) is 3.51. The van der Waals surface area contributed by atoms with Gasteiger partial charge in [-0.1, -0.05) is 18.2 Å². The van der Waals surface area contributed by atoms with E-state index in [2.05, 4.69) is 0 Å². The maximum atomic E-state index is 12.4. The van der Waals surface area contributed by atoms with E-state index in [9.17, 15) is 13.2 Å². The van der Waals surface area contributed by atoms with E-state index in [1.807, 2.05) is 0 Å². The van der Waals surface area contributed by atoms with Crippen LogP contribution in [-0.4, -0.2) is 23.2 Å². The average Bonchev–Trinajstić information content (AvgIpc) is 2.22. The van der Waals surface area contributed by atoms with Crippen molar-refractivity contribution in [3.05, 3.63) is 35.4 Å². The molecule has 0 bridgehead atoms. The molecule has 3 N–H and O–H groups in total. The van der Waals surface area contributed by atoms with Gasteiger partial charge in [0.1, 0.15) is 0 Å². The largest absolute Gasteiger partial charge is 0.492 e. The second kappa shape index (κ2) is 5.83. The molecule has 0 fully saturated rings. The second-order valence-corrected chi connectivity index (χ2v) is 6.23. The Balaban J connectivity index is 2.49. The van der Waals surface area contributed by atoms with Crippen molar-refractivity contribution in [3.8, 4) is 0 Å². The molecule has 0 unspecified atom stereocenters. The summed E-state index contributed by atoms with van der Waals surface area (Å²) in [5, 5.41) is 0. The Kier molecular flexibility index (Phi) is 4.91. The zero-order valence-corrected chi connectivity index (χ0v) is 10.6. The fraction of sp³-hybridized carbons (Fsp3) is 0.455. The normalized spacial score (nSPS) is 12.8. The van der Waals surface area contributed by atoms with Gasteiger partial charge in [-0.3, -0.25) is 0 Å². The van der Waals surface area contributed by atoms with Gasteiger partial charge in [0.05, 0.1) is 5.56 Å². The first kappa shape index (κ1) is 15.2. The van der Waals surface area contributed by atoms with Gasteiger partial charge >= 0.3 is 15.0 Å². The van der Waals surface area contributed by atoms with E-state index < -0.39 is 20.5 Å². The summed E-state index contributed by atoms with van der Waals surface area (Å²) in [6.07, 6.45) is -3.07. The molecule has 1 aromatic rings. The smallest absolute Gasteiger partial charge is 0.390 e. The first-order chi connectivity index (χ1) is 8.18. The molecule has 0 amide bonds. The zero-order chi connectivity index (χ0) is 13.8. The van der Waals surface area contributed by atoms with Gasteiger partial charge in [0, 0.05) is 6.04 Å². The van der Waals surface area contributed by atoms with Crippen molar-refractivity contribution in [1.82, 2.24) is 0 Å². The molecule has 0 aliphatic heterocycles. The zero-order valence-electron chi connectivity index (χ0n) is 9.61. The summed E-state index contributed by atoms with van der Waals surface area (Å²) >= 11 is 0. The third-order valence-electron chi connectivity index (χ3n) is 2.48. The lowest BCUT2D eigenvalue weighted by atomic mass is 10.1. The fourth-order valence-corrected chi connectivity index (χ4v) is 2.32. The molecular formula is C11H15F3O3Si. The van der Waals surface area contributed by atoms with Crippen molar-refractivity contribution in [2.75, 3.05) is 0 Å². The number of hydrogen-bond acceptors (Lipinski definition) is 3. The van der Waals surface area contributed by atoms with Crippen molar-refractivity contribution in [2.45, 2.75) is 31.5 Å². The first-order valence-corrected chi connectivity index (χ1v) is 7.56. The highest BCUT2D eigenvalue weighted by atomic mass is 28.4. The molecule has 1 aromatic carbocycles. The number of aryl methyl sites for hydroxylation is 1. The van der Waals surface area contributed by atoms with E-state index in [1.54, 1.807) is 6.07 Å². The predicted octanol–water partition coefficient (Wildman–Crippen LogP) is 1.94. The molecule has 0 atom stereocenters. The summed E-state index contributed by atoms with van der Waals surface area (Å²) in [4.78, 5) is 26.3. The third kappa shape index (κ3) is 5.63. The topological polar surface area (TPSA) is 60.7 Å². The van der Waals surface area contributed by atoms with Crippen LogP contribution in [0.25, 0.3) is 0 Å². The predicted molar refractivity (Wildman–Crippen MR) is 61.6 cm³/mol. The summed E-state index contributed by atoms with van der Waals surface area (Å²) in [5.74, 6) is 0. The van der Waals surface area contributed by atoms with Gasteiger partial charge in [-0.05, 0) is 30.9 Å². The van der Waals surface area contributed by atoms with E-state index in [0.29, 0.717) is 24.8 Å². The molecule has 3 nitrogen and oxygen atoms in total. The molecule has 0 aromatic heterocycles. The molecule has 0 aliphatic rings. The lowest BCUT2D eigenvalue weighted by Crippen LogP contribution is -2.34. The van der Waals surface area contributed by atoms with Gasteiger partial charge < -0.3 is 14.4 Å². The quantitative estimate of drug-likeness (QED) is 0.570. The lowest BCUT2D eigenvalue weighted by Gasteiger charge is -2.10. The Morgan fingerprint density at radius 1 is 1.06 bits per heavy atom. The van der Waals surface area contributed by atoms with Gasteiger partial charge in [-0.25, -0.2) is 0 Å². The van der Waals surface area contributed by atoms with E-state index in [1.165, 1.54) is 6.07 Å². The molecule has 0 heterocycles. The van der Waals surface area contributed by atoms with Crippen LogP contribution in [0, 0.1) is 0 Å². The number of hydrogen-bond donors (Lipinski definition) is 3. The Labute approximate surface area is 104 Å². The van der Waals surface area contributed by atoms with Crippen LogP contribution in [-0.2, 0) is 12.6 Å².